The van der Waals surface area contributed by atoms with Crippen LogP contribution in [-0.2, 0) is 7.05 Å². The molecule has 2 rings (SSSR count). The van der Waals surface area contributed by atoms with E-state index in [0.717, 1.165) is 11.3 Å². The van der Waals surface area contributed by atoms with E-state index < -0.39 is 5.97 Å². The van der Waals surface area contributed by atoms with Crippen molar-refractivity contribution in [2.45, 2.75) is 6.92 Å². The Hall–Kier alpha value is -2.11. The minimum Gasteiger partial charge on any atom is -0.476 e. The Morgan fingerprint density at radius 2 is 2.33 bits per heavy atom. The van der Waals surface area contributed by atoms with Crippen LogP contribution in [0.1, 0.15) is 16.2 Å². The summed E-state index contributed by atoms with van der Waals surface area (Å²) in [5, 5.41) is 16.2. The average molecular weight is 207 g/mol. The number of carbonyl (C=O) groups is 1. The smallest absolute Gasteiger partial charge is 0.358 e. The molecule has 0 aromatic carbocycles. The molecule has 2 aromatic rings. The molecule has 78 valence electrons. The van der Waals surface area contributed by atoms with Crippen LogP contribution >= 0.6 is 0 Å². The van der Waals surface area contributed by atoms with Crippen molar-refractivity contribution in [3.8, 4) is 11.3 Å². The van der Waals surface area contributed by atoms with Crippen LogP contribution in [0.15, 0.2) is 16.8 Å². The number of nitrogens with zero attached hydrogens (tertiary/aromatic N) is 3. The predicted molar refractivity (Wildman–Crippen MR) is 50.4 cm³/mol. The molecule has 0 unspecified atom stereocenters. The Morgan fingerprint density at radius 1 is 1.60 bits per heavy atom. The van der Waals surface area contributed by atoms with Crippen molar-refractivity contribution in [3.05, 3.63) is 23.7 Å². The zero-order valence-corrected chi connectivity index (χ0v) is 8.26. The van der Waals surface area contributed by atoms with Gasteiger partial charge in [-0.15, -0.1) is 0 Å². The first kappa shape index (κ1) is 9.45. The number of carboxylic acids is 1. The van der Waals surface area contributed by atoms with Gasteiger partial charge in [0.25, 0.3) is 0 Å². The zero-order chi connectivity index (χ0) is 11.0. The minimum absolute atomic E-state index is 0.103. The van der Waals surface area contributed by atoms with Crippen molar-refractivity contribution >= 4 is 5.97 Å². The molecule has 0 fully saturated rings. The van der Waals surface area contributed by atoms with Gasteiger partial charge in [-0.1, -0.05) is 5.16 Å². The lowest BCUT2D eigenvalue weighted by Crippen LogP contribution is -1.94. The van der Waals surface area contributed by atoms with Gasteiger partial charge in [-0.3, -0.25) is 4.68 Å². The second kappa shape index (κ2) is 3.23. The van der Waals surface area contributed by atoms with Crippen LogP contribution in [0.2, 0.25) is 0 Å². The van der Waals surface area contributed by atoms with Crippen LogP contribution in [0.4, 0.5) is 0 Å². The predicted octanol–water partition coefficient (Wildman–Crippen LogP) is 1.08. The Bertz CT molecular complexity index is 512. The molecular weight excluding hydrogens is 198 g/mol. The number of aromatic carboxylic acids is 1. The minimum atomic E-state index is -1.11. The van der Waals surface area contributed by atoms with Crippen molar-refractivity contribution in [2.24, 2.45) is 7.05 Å². The molecule has 0 atom stereocenters. The summed E-state index contributed by atoms with van der Waals surface area (Å²) in [6, 6.07) is 1.38. The zero-order valence-electron chi connectivity index (χ0n) is 8.26. The number of aryl methyl sites for hydroxylation is 2. The lowest BCUT2D eigenvalue weighted by molar-refractivity contribution is 0.0686. The SMILES string of the molecule is Cc1nn(C)cc1-c1cc(C(=O)O)no1. The van der Waals surface area contributed by atoms with Crippen LogP contribution in [0.5, 0.6) is 0 Å². The fourth-order valence-electron chi connectivity index (χ4n) is 1.34. The Morgan fingerprint density at radius 3 is 2.80 bits per heavy atom. The van der Waals surface area contributed by atoms with Gasteiger partial charge in [0.05, 0.1) is 11.3 Å². The first-order valence-corrected chi connectivity index (χ1v) is 4.28. The van der Waals surface area contributed by atoms with Gasteiger partial charge in [0.1, 0.15) is 0 Å². The summed E-state index contributed by atoms with van der Waals surface area (Å²) in [6.45, 7) is 1.82. The monoisotopic (exact) mass is 207 g/mol. The molecule has 0 spiro atoms. The van der Waals surface area contributed by atoms with Crippen molar-refractivity contribution < 1.29 is 14.4 Å². The third kappa shape index (κ3) is 1.61. The third-order valence-corrected chi connectivity index (χ3v) is 2.01. The molecule has 2 aromatic heterocycles. The van der Waals surface area contributed by atoms with Crippen LogP contribution in [-0.4, -0.2) is 26.0 Å². The molecule has 0 saturated carbocycles. The van der Waals surface area contributed by atoms with Gasteiger partial charge in [0.15, 0.2) is 11.5 Å². The molecular formula is C9H9N3O3. The number of rotatable bonds is 2. The van der Waals surface area contributed by atoms with E-state index in [-0.39, 0.29) is 5.69 Å². The van der Waals surface area contributed by atoms with Gasteiger partial charge in [0, 0.05) is 19.3 Å². The summed E-state index contributed by atoms with van der Waals surface area (Å²) in [4.78, 5) is 10.6. The summed E-state index contributed by atoms with van der Waals surface area (Å²) < 4.78 is 6.55. The van der Waals surface area contributed by atoms with E-state index in [4.69, 9.17) is 9.63 Å². The molecule has 15 heavy (non-hydrogen) atoms. The second-order valence-electron chi connectivity index (χ2n) is 3.18. The standard InChI is InChI=1S/C9H9N3O3/c1-5-6(4-12(2)10-5)8-3-7(9(13)14)11-15-8/h3-4H,1-2H3,(H,13,14). The van der Waals surface area contributed by atoms with Gasteiger partial charge < -0.3 is 9.63 Å². The highest BCUT2D eigenvalue weighted by atomic mass is 16.5. The molecule has 0 bridgehead atoms. The quantitative estimate of drug-likeness (QED) is 0.796. The summed E-state index contributed by atoms with van der Waals surface area (Å²) in [5.74, 6) is -0.690. The molecule has 6 heteroatoms. The molecule has 1 N–H and O–H groups in total. The highest BCUT2D eigenvalue weighted by Gasteiger charge is 2.15. The van der Waals surface area contributed by atoms with Gasteiger partial charge >= 0.3 is 5.97 Å². The average Bonchev–Trinajstić information content (AvgIpc) is 2.71. The first-order valence-electron chi connectivity index (χ1n) is 4.28. The van der Waals surface area contributed by atoms with E-state index in [1.54, 1.807) is 17.9 Å². The summed E-state index contributed by atoms with van der Waals surface area (Å²) in [7, 11) is 1.78. The van der Waals surface area contributed by atoms with E-state index >= 15 is 0 Å². The lowest BCUT2D eigenvalue weighted by Gasteiger charge is -1.87. The van der Waals surface area contributed by atoms with Crippen LogP contribution in [0.3, 0.4) is 0 Å². The van der Waals surface area contributed by atoms with Crippen molar-refractivity contribution in [1.82, 2.24) is 14.9 Å². The topological polar surface area (TPSA) is 81.2 Å². The lowest BCUT2D eigenvalue weighted by atomic mass is 10.2. The molecule has 2 heterocycles. The highest BCUT2D eigenvalue weighted by molar-refractivity contribution is 5.86. The van der Waals surface area contributed by atoms with Crippen LogP contribution in [0, 0.1) is 6.92 Å². The third-order valence-electron chi connectivity index (χ3n) is 2.01. The molecule has 0 radical (unpaired) electrons. The van der Waals surface area contributed by atoms with Crippen molar-refractivity contribution in [2.75, 3.05) is 0 Å². The van der Waals surface area contributed by atoms with Gasteiger partial charge in [-0.05, 0) is 6.92 Å². The van der Waals surface area contributed by atoms with E-state index in [1.807, 2.05) is 6.92 Å². The number of hydrogen-bond acceptors (Lipinski definition) is 4. The van der Waals surface area contributed by atoms with Crippen molar-refractivity contribution in [3.63, 3.8) is 0 Å². The first-order chi connectivity index (χ1) is 7.08. The fraction of sp³-hybridized carbons (Fsp3) is 0.222. The molecule has 0 amide bonds. The van der Waals surface area contributed by atoms with Crippen LogP contribution in [0.25, 0.3) is 11.3 Å². The van der Waals surface area contributed by atoms with E-state index in [2.05, 4.69) is 10.3 Å². The summed E-state index contributed by atoms with van der Waals surface area (Å²) in [6.07, 6.45) is 1.75. The summed E-state index contributed by atoms with van der Waals surface area (Å²) >= 11 is 0. The molecule has 0 saturated heterocycles. The number of aromatic nitrogens is 3. The van der Waals surface area contributed by atoms with Crippen molar-refractivity contribution in [1.29, 1.82) is 0 Å². The van der Waals surface area contributed by atoms with E-state index in [9.17, 15) is 4.79 Å². The maximum absolute atomic E-state index is 10.6. The number of hydrogen-bond donors (Lipinski definition) is 1. The highest BCUT2D eigenvalue weighted by Crippen LogP contribution is 2.22. The number of carboxylic acid groups (broad SMARTS) is 1. The molecule has 6 nitrogen and oxygen atoms in total. The molecule has 0 aliphatic heterocycles. The Kier molecular flexibility index (Phi) is 2.03. The second-order valence-corrected chi connectivity index (χ2v) is 3.18. The van der Waals surface area contributed by atoms with Crippen LogP contribution < -0.4 is 0 Å². The Labute approximate surface area is 85.1 Å². The van der Waals surface area contributed by atoms with E-state index in [0.29, 0.717) is 5.76 Å². The van der Waals surface area contributed by atoms with Gasteiger partial charge in [-0.2, -0.15) is 5.10 Å². The fourth-order valence-corrected chi connectivity index (χ4v) is 1.34. The molecule has 0 aliphatic carbocycles. The maximum Gasteiger partial charge on any atom is 0.358 e. The van der Waals surface area contributed by atoms with Gasteiger partial charge in [0.2, 0.25) is 0 Å². The van der Waals surface area contributed by atoms with E-state index in [1.165, 1.54) is 6.07 Å². The normalized spacial score (nSPS) is 10.5. The Balaban J connectivity index is 2.45. The van der Waals surface area contributed by atoms with Gasteiger partial charge in [-0.25, -0.2) is 4.79 Å². The summed E-state index contributed by atoms with van der Waals surface area (Å²) in [5.41, 5.74) is 1.41. The molecule has 0 aliphatic rings. The largest absolute Gasteiger partial charge is 0.476 e. The maximum atomic E-state index is 10.6.